The summed E-state index contributed by atoms with van der Waals surface area (Å²) >= 11 is 7.84. The molecule has 4 atom stereocenters. The highest BCUT2D eigenvalue weighted by molar-refractivity contribution is 7.23. The molecule has 2 N–H and O–H groups in total. The van der Waals surface area contributed by atoms with Crippen LogP contribution in [0.4, 0.5) is 28.8 Å². The Labute approximate surface area is 311 Å². The number of carbonyl (C=O) groups is 1. The molecule has 0 saturated carbocycles. The molecule has 4 saturated heterocycles. The second-order valence-electron chi connectivity index (χ2n) is 14.6. The van der Waals surface area contributed by atoms with E-state index in [0.29, 0.717) is 37.3 Å². The molecular formula is C37H35ClF3N9O2S. The summed E-state index contributed by atoms with van der Waals surface area (Å²) in [5, 5.41) is 10.6. The number of thiophene rings is 1. The molecule has 2 aromatic carbocycles. The number of benzene rings is 2. The van der Waals surface area contributed by atoms with Crippen LogP contribution in [0.3, 0.4) is 0 Å². The summed E-state index contributed by atoms with van der Waals surface area (Å²) < 4.78 is 54.9. The van der Waals surface area contributed by atoms with E-state index < -0.39 is 23.3 Å². The predicted molar refractivity (Wildman–Crippen MR) is 196 cm³/mol. The number of carbonyl (C=O) groups excluding carboxylic acids is 1. The van der Waals surface area contributed by atoms with E-state index >= 15 is 4.39 Å². The first kappa shape index (κ1) is 34.1. The number of anilines is 2. The molecule has 3 aromatic heterocycles. The van der Waals surface area contributed by atoms with Crippen LogP contribution >= 0.6 is 22.9 Å². The van der Waals surface area contributed by atoms with Crippen molar-refractivity contribution >= 4 is 60.8 Å². The van der Waals surface area contributed by atoms with Crippen LogP contribution < -0.4 is 15.4 Å². The lowest BCUT2D eigenvalue weighted by atomic mass is 9.86. The van der Waals surface area contributed by atoms with Gasteiger partial charge in [0.05, 0.1) is 38.6 Å². The number of aryl methyl sites for hydroxylation is 1. The van der Waals surface area contributed by atoms with Gasteiger partial charge in [0.15, 0.2) is 5.82 Å². The number of nitrogen functional groups attached to an aromatic ring is 1. The Balaban J connectivity index is 1.16. The maximum Gasteiger partial charge on any atom is 0.330 e. The summed E-state index contributed by atoms with van der Waals surface area (Å²) in [5.74, 6) is -0.975. The third-order valence-corrected chi connectivity index (χ3v) is 13.1. The Morgan fingerprint density at radius 1 is 1.19 bits per heavy atom. The molecule has 16 heteroatoms. The summed E-state index contributed by atoms with van der Waals surface area (Å²) in [5.41, 5.74) is 7.28. The van der Waals surface area contributed by atoms with Crippen molar-refractivity contribution in [2.75, 3.05) is 43.4 Å². The van der Waals surface area contributed by atoms with Gasteiger partial charge in [-0.1, -0.05) is 17.7 Å². The third-order valence-electron chi connectivity index (χ3n) is 11.8. The lowest BCUT2D eigenvalue weighted by molar-refractivity contribution is 0.0684. The Kier molecular flexibility index (Phi) is 8.03. The summed E-state index contributed by atoms with van der Waals surface area (Å²) in [6.07, 6.45) is 4.12. The van der Waals surface area contributed by atoms with Crippen LogP contribution in [0.1, 0.15) is 49.1 Å². The summed E-state index contributed by atoms with van der Waals surface area (Å²) in [7, 11) is 0. The van der Waals surface area contributed by atoms with Crippen molar-refractivity contribution < 1.29 is 22.7 Å². The van der Waals surface area contributed by atoms with E-state index in [1.807, 2.05) is 24.8 Å². The number of aromatic nitrogens is 4. The van der Waals surface area contributed by atoms with E-state index in [9.17, 15) is 18.8 Å². The Morgan fingerprint density at radius 3 is 2.79 bits per heavy atom. The molecule has 0 bridgehead atoms. The van der Waals surface area contributed by atoms with E-state index in [0.717, 1.165) is 55.0 Å². The van der Waals surface area contributed by atoms with Crippen LogP contribution in [0.25, 0.3) is 32.1 Å². The van der Waals surface area contributed by atoms with Crippen molar-refractivity contribution in [2.45, 2.75) is 69.7 Å². The van der Waals surface area contributed by atoms with Crippen LogP contribution in [0, 0.1) is 36.8 Å². The van der Waals surface area contributed by atoms with Crippen LogP contribution in [0.15, 0.2) is 24.5 Å². The average molecular weight is 762 g/mol. The van der Waals surface area contributed by atoms with Gasteiger partial charge in [-0.25, -0.2) is 22.9 Å². The topological polar surface area (TPSA) is 129 Å². The fourth-order valence-corrected chi connectivity index (χ4v) is 10.2. The Bertz CT molecular complexity index is 2400. The number of nitriles is 1. The number of nitrogens with zero attached hydrogens (tertiary/aromatic N) is 8. The lowest BCUT2D eigenvalue weighted by Gasteiger charge is -2.55. The van der Waals surface area contributed by atoms with E-state index in [4.69, 9.17) is 27.1 Å². The molecular weight excluding hydrogens is 727 g/mol. The fourth-order valence-electron chi connectivity index (χ4n) is 8.98. The number of ether oxygens (including phenoxy) is 1. The van der Waals surface area contributed by atoms with Gasteiger partial charge in [-0.05, 0) is 63.8 Å². The number of fused-ring (bicyclic) bond motifs is 4. The first-order valence-electron chi connectivity index (χ1n) is 17.7. The van der Waals surface area contributed by atoms with Crippen LogP contribution in [-0.4, -0.2) is 91.9 Å². The fraction of sp³-hybridized carbons (Fsp3) is 0.432. The molecule has 9 rings (SSSR count). The minimum atomic E-state index is -0.962. The molecule has 4 fully saturated rings. The smallest absolute Gasteiger partial charge is 0.330 e. The van der Waals surface area contributed by atoms with Crippen molar-refractivity contribution in [3.63, 3.8) is 0 Å². The van der Waals surface area contributed by atoms with Gasteiger partial charge in [-0.15, -0.1) is 11.3 Å². The number of hydrogen-bond acceptors (Lipinski definition) is 10. The standard InChI is InChI=1S/C37H35ClF3N9O2S/c1-18-19(2)50(17-44-18)36(51)49-15-27-26(49)5-3-10-48(27)34-22-11-24(38)29(21-6-7-25(40)32-28(21)23(13-42)33(43)53-32)30(41)31(22)45-35(46-34)52-16-37-8-4-9-47(37)14-20(39)12-37/h6-7,11,17,20,26-27H,3-5,8-10,12,14-16,43H2,1-2H3/t20-,26-,27-,37+/m0/s1. The highest BCUT2D eigenvalue weighted by Gasteiger charge is 2.50. The molecule has 0 unspecified atom stereocenters. The van der Waals surface area contributed by atoms with Gasteiger partial charge in [0.1, 0.15) is 47.3 Å². The number of hydrogen-bond donors (Lipinski definition) is 1. The van der Waals surface area contributed by atoms with Gasteiger partial charge in [0, 0.05) is 48.1 Å². The second kappa shape index (κ2) is 12.5. The molecule has 0 aliphatic carbocycles. The molecule has 7 heterocycles. The number of imidazole rings is 1. The Morgan fingerprint density at radius 2 is 2.02 bits per heavy atom. The largest absolute Gasteiger partial charge is 0.461 e. The van der Waals surface area contributed by atoms with Crippen molar-refractivity contribution in [2.24, 2.45) is 0 Å². The highest BCUT2D eigenvalue weighted by atomic mass is 35.5. The summed E-state index contributed by atoms with van der Waals surface area (Å²) in [6, 6.07) is 5.75. The van der Waals surface area contributed by atoms with Gasteiger partial charge in [0.2, 0.25) is 0 Å². The quantitative estimate of drug-likeness (QED) is 0.202. The van der Waals surface area contributed by atoms with Crippen LogP contribution in [0.2, 0.25) is 5.02 Å². The number of piperidine rings is 1. The maximum atomic E-state index is 17.2. The number of amides is 1. The van der Waals surface area contributed by atoms with Gasteiger partial charge in [-0.2, -0.15) is 15.2 Å². The van der Waals surface area contributed by atoms with Crippen LogP contribution in [0.5, 0.6) is 6.01 Å². The maximum absolute atomic E-state index is 17.2. The zero-order valence-electron chi connectivity index (χ0n) is 29.0. The number of alkyl halides is 1. The first-order valence-corrected chi connectivity index (χ1v) is 18.9. The highest BCUT2D eigenvalue weighted by Crippen LogP contribution is 2.47. The van der Waals surface area contributed by atoms with Crippen molar-refractivity contribution in [3.8, 4) is 23.2 Å². The van der Waals surface area contributed by atoms with Gasteiger partial charge < -0.3 is 20.3 Å². The molecule has 4 aliphatic rings. The van der Waals surface area contributed by atoms with Crippen molar-refractivity contribution in [1.82, 2.24) is 29.3 Å². The number of halogens is 4. The summed E-state index contributed by atoms with van der Waals surface area (Å²) in [4.78, 5) is 33.4. The number of rotatable bonds is 5. The Hall–Kier alpha value is -4.65. The number of nitrogens with two attached hydrogens (primary N) is 1. The zero-order chi connectivity index (χ0) is 36.9. The molecule has 5 aromatic rings. The van der Waals surface area contributed by atoms with E-state index in [-0.39, 0.29) is 73.0 Å². The zero-order valence-corrected chi connectivity index (χ0v) is 30.6. The molecule has 53 heavy (non-hydrogen) atoms. The van der Waals surface area contributed by atoms with Crippen molar-refractivity contribution in [3.05, 3.63) is 58.1 Å². The molecule has 11 nitrogen and oxygen atoms in total. The molecule has 0 radical (unpaired) electrons. The minimum Gasteiger partial charge on any atom is -0.461 e. The van der Waals surface area contributed by atoms with E-state index in [1.54, 1.807) is 17.0 Å². The SMILES string of the molecule is Cc1ncn(C(=O)N2C[C@H]3[C@@H]2CCCN3c2nc(OC[C@]34CCCN3C[C@@H](F)C4)nc3c(F)c(-c4ccc(F)c5sc(N)c(C#N)c45)c(Cl)cc23)c1C. The first-order chi connectivity index (χ1) is 25.5. The molecule has 1 amide bonds. The second-order valence-corrected chi connectivity index (χ2v) is 16.0. The van der Waals surface area contributed by atoms with Crippen LogP contribution in [-0.2, 0) is 0 Å². The third kappa shape index (κ3) is 5.16. The normalized spacial score (nSPS) is 24.1. The van der Waals surface area contributed by atoms with Gasteiger partial charge in [0.25, 0.3) is 0 Å². The monoisotopic (exact) mass is 761 g/mol. The molecule has 274 valence electrons. The molecule has 0 spiro atoms. The van der Waals surface area contributed by atoms with Gasteiger partial charge >= 0.3 is 12.0 Å². The molecule has 4 aliphatic heterocycles. The van der Waals surface area contributed by atoms with E-state index in [2.05, 4.69) is 19.8 Å². The van der Waals surface area contributed by atoms with Gasteiger partial charge in [-0.3, -0.25) is 9.47 Å². The average Bonchev–Trinajstić information content (AvgIpc) is 3.85. The minimum absolute atomic E-state index is 0.0143. The van der Waals surface area contributed by atoms with Crippen molar-refractivity contribution in [1.29, 1.82) is 5.26 Å². The predicted octanol–water partition coefficient (Wildman–Crippen LogP) is 6.99. The van der Waals surface area contributed by atoms with E-state index in [1.165, 1.54) is 12.1 Å². The lowest BCUT2D eigenvalue weighted by Crippen LogP contribution is -2.71. The summed E-state index contributed by atoms with van der Waals surface area (Å²) in [6.45, 7) is 5.97. The number of likely N-dealkylation sites (tertiary alicyclic amines) is 1.